The monoisotopic (exact) mass is 472 g/mol. The Morgan fingerprint density at radius 3 is 2.50 bits per heavy atom. The summed E-state index contributed by atoms with van der Waals surface area (Å²) in [6.45, 7) is 5.35. The minimum Gasteiger partial charge on any atom is -0.368 e. The standard InChI is InChI=1S/C24H27F3N6O/c1-3-23(16-29-20-9-8-19(14-28-20)24(25,26)27)10-4-5-13-32(23)21-17(2)6-7-18(15-34)22(21)33-30-11-12-31-33/h6-9,11-12,14-15H,3-5,10,13,16H2,1-2H3,(H,28,29). The lowest BCUT2D eigenvalue weighted by molar-refractivity contribution is -0.137. The average Bonchev–Trinajstić information content (AvgIpc) is 3.37. The number of alkyl halides is 3. The maximum atomic E-state index is 12.9. The smallest absolute Gasteiger partial charge is 0.368 e. The Morgan fingerprint density at radius 1 is 1.12 bits per heavy atom. The molecule has 1 N–H and O–H groups in total. The van der Waals surface area contributed by atoms with Crippen molar-refractivity contribution in [3.05, 3.63) is 59.5 Å². The molecule has 180 valence electrons. The van der Waals surface area contributed by atoms with E-state index in [9.17, 15) is 18.0 Å². The molecule has 0 amide bonds. The SMILES string of the molecule is CCC1(CNc2ccc(C(F)(F)F)cn2)CCCCN1c1c(C)ccc(C=O)c1-n1nccn1. The quantitative estimate of drug-likeness (QED) is 0.485. The molecular formula is C24H27F3N6O. The van der Waals surface area contributed by atoms with Gasteiger partial charge in [0.05, 0.1) is 29.2 Å². The summed E-state index contributed by atoms with van der Waals surface area (Å²) >= 11 is 0. The fourth-order valence-corrected chi connectivity index (χ4v) is 4.72. The molecule has 4 rings (SSSR count). The Balaban J connectivity index is 1.71. The van der Waals surface area contributed by atoms with Crippen LogP contribution in [0.2, 0.25) is 0 Å². The molecule has 1 unspecified atom stereocenters. The molecule has 3 heterocycles. The van der Waals surface area contributed by atoms with Gasteiger partial charge in [-0.1, -0.05) is 13.0 Å². The number of piperidine rings is 1. The summed E-state index contributed by atoms with van der Waals surface area (Å²) in [6, 6.07) is 6.08. The number of nitrogens with one attached hydrogen (secondary N) is 1. The highest BCUT2D eigenvalue weighted by Gasteiger charge is 2.40. The molecule has 1 aliphatic rings. The van der Waals surface area contributed by atoms with Crippen molar-refractivity contribution in [3.8, 4) is 5.69 Å². The van der Waals surface area contributed by atoms with Gasteiger partial charge < -0.3 is 10.2 Å². The molecule has 2 aromatic heterocycles. The molecule has 1 fully saturated rings. The van der Waals surface area contributed by atoms with Crippen LogP contribution >= 0.6 is 0 Å². The summed E-state index contributed by atoms with van der Waals surface area (Å²) in [5, 5.41) is 11.8. The Labute approximate surface area is 196 Å². The van der Waals surface area contributed by atoms with Gasteiger partial charge >= 0.3 is 6.18 Å². The van der Waals surface area contributed by atoms with E-state index in [2.05, 4.69) is 32.3 Å². The van der Waals surface area contributed by atoms with Gasteiger partial charge in [0.2, 0.25) is 0 Å². The Bertz CT molecular complexity index is 1130. The minimum atomic E-state index is -4.42. The van der Waals surface area contributed by atoms with Crippen molar-refractivity contribution in [3.63, 3.8) is 0 Å². The molecule has 1 aliphatic heterocycles. The molecule has 1 aromatic carbocycles. The third-order valence-electron chi connectivity index (χ3n) is 6.59. The van der Waals surface area contributed by atoms with Crippen LogP contribution in [-0.2, 0) is 6.18 Å². The van der Waals surface area contributed by atoms with Crippen molar-refractivity contribution in [2.45, 2.75) is 51.2 Å². The van der Waals surface area contributed by atoms with E-state index in [0.29, 0.717) is 23.6 Å². The Morgan fingerprint density at radius 2 is 1.88 bits per heavy atom. The van der Waals surface area contributed by atoms with E-state index in [0.717, 1.165) is 62.0 Å². The third-order valence-corrected chi connectivity index (χ3v) is 6.59. The zero-order valence-corrected chi connectivity index (χ0v) is 19.1. The zero-order valence-electron chi connectivity index (χ0n) is 19.1. The van der Waals surface area contributed by atoms with E-state index in [-0.39, 0.29) is 5.54 Å². The van der Waals surface area contributed by atoms with Crippen LogP contribution < -0.4 is 10.2 Å². The Kier molecular flexibility index (Phi) is 6.58. The van der Waals surface area contributed by atoms with Crippen LogP contribution in [0.5, 0.6) is 0 Å². The van der Waals surface area contributed by atoms with Gasteiger partial charge in [-0.2, -0.15) is 23.4 Å². The van der Waals surface area contributed by atoms with Gasteiger partial charge in [0, 0.05) is 24.8 Å². The first-order valence-electron chi connectivity index (χ1n) is 11.3. The van der Waals surface area contributed by atoms with Crippen molar-refractivity contribution < 1.29 is 18.0 Å². The second kappa shape index (κ2) is 9.44. The number of halogens is 3. The predicted octanol–water partition coefficient (Wildman–Crippen LogP) is 5.05. The molecule has 3 aromatic rings. The number of aromatic nitrogens is 4. The predicted molar refractivity (Wildman–Crippen MR) is 123 cm³/mol. The summed E-state index contributed by atoms with van der Waals surface area (Å²) in [7, 11) is 0. The number of aldehydes is 1. The molecule has 7 nitrogen and oxygen atoms in total. The summed E-state index contributed by atoms with van der Waals surface area (Å²) in [6.07, 6.45) is 4.05. The van der Waals surface area contributed by atoms with Crippen molar-refractivity contribution in [2.75, 3.05) is 23.3 Å². The molecule has 0 spiro atoms. The normalized spacial score (nSPS) is 18.7. The second-order valence-corrected chi connectivity index (χ2v) is 8.58. The van der Waals surface area contributed by atoms with E-state index in [1.54, 1.807) is 18.5 Å². The van der Waals surface area contributed by atoms with Gasteiger partial charge in [0.15, 0.2) is 6.29 Å². The zero-order chi connectivity index (χ0) is 24.3. The number of anilines is 2. The maximum absolute atomic E-state index is 12.9. The number of nitrogens with zero attached hydrogens (tertiary/aromatic N) is 5. The minimum absolute atomic E-state index is 0.337. The molecular weight excluding hydrogens is 445 g/mol. The lowest BCUT2D eigenvalue weighted by atomic mass is 9.82. The van der Waals surface area contributed by atoms with Crippen molar-refractivity contribution in [1.29, 1.82) is 0 Å². The number of aryl methyl sites for hydroxylation is 1. The lowest BCUT2D eigenvalue weighted by Gasteiger charge is -2.49. The van der Waals surface area contributed by atoms with Crippen LogP contribution in [0.15, 0.2) is 42.9 Å². The van der Waals surface area contributed by atoms with E-state index in [4.69, 9.17) is 0 Å². The van der Waals surface area contributed by atoms with Crippen molar-refractivity contribution >= 4 is 17.8 Å². The van der Waals surface area contributed by atoms with Crippen LogP contribution in [0, 0.1) is 6.92 Å². The highest BCUT2D eigenvalue weighted by Crippen LogP contribution is 2.41. The summed E-state index contributed by atoms with van der Waals surface area (Å²) in [4.78, 5) is 19.7. The molecule has 0 bridgehead atoms. The number of pyridine rings is 1. The van der Waals surface area contributed by atoms with Crippen LogP contribution in [0.1, 0.15) is 54.1 Å². The molecule has 1 saturated heterocycles. The molecule has 10 heteroatoms. The molecule has 0 aliphatic carbocycles. The van der Waals surface area contributed by atoms with Crippen LogP contribution in [0.25, 0.3) is 5.69 Å². The van der Waals surface area contributed by atoms with Gasteiger partial charge in [-0.25, -0.2) is 4.98 Å². The summed E-state index contributed by atoms with van der Waals surface area (Å²) in [5.41, 5.74) is 1.89. The van der Waals surface area contributed by atoms with Gasteiger partial charge in [-0.15, -0.1) is 4.80 Å². The largest absolute Gasteiger partial charge is 0.417 e. The van der Waals surface area contributed by atoms with Crippen LogP contribution in [0.4, 0.5) is 24.7 Å². The fraction of sp³-hybridized carbons (Fsp3) is 0.417. The number of carbonyl (C=O) groups is 1. The number of benzene rings is 1. The van der Waals surface area contributed by atoms with Gasteiger partial charge in [-0.05, 0) is 56.4 Å². The van der Waals surface area contributed by atoms with Crippen LogP contribution in [-0.4, -0.2) is 44.9 Å². The van der Waals surface area contributed by atoms with Crippen molar-refractivity contribution in [2.24, 2.45) is 0 Å². The van der Waals surface area contributed by atoms with E-state index >= 15 is 0 Å². The van der Waals surface area contributed by atoms with Crippen LogP contribution in [0.3, 0.4) is 0 Å². The van der Waals surface area contributed by atoms with Gasteiger partial charge in [0.1, 0.15) is 11.5 Å². The fourth-order valence-electron chi connectivity index (χ4n) is 4.72. The highest BCUT2D eigenvalue weighted by molar-refractivity contribution is 5.87. The Hall–Kier alpha value is -3.43. The molecule has 1 atom stereocenters. The highest BCUT2D eigenvalue weighted by atomic mass is 19.4. The number of rotatable bonds is 7. The topological polar surface area (TPSA) is 75.9 Å². The van der Waals surface area contributed by atoms with Gasteiger partial charge in [-0.3, -0.25) is 4.79 Å². The molecule has 0 radical (unpaired) electrons. The molecule has 34 heavy (non-hydrogen) atoms. The number of hydrogen-bond acceptors (Lipinski definition) is 6. The average molecular weight is 473 g/mol. The van der Waals surface area contributed by atoms with E-state index < -0.39 is 11.7 Å². The third kappa shape index (κ3) is 4.49. The first-order valence-corrected chi connectivity index (χ1v) is 11.3. The van der Waals surface area contributed by atoms with E-state index in [1.807, 2.05) is 13.0 Å². The summed E-state index contributed by atoms with van der Waals surface area (Å²) in [5.74, 6) is 0.388. The maximum Gasteiger partial charge on any atom is 0.417 e. The number of hydrogen-bond donors (Lipinski definition) is 1. The first kappa shape index (κ1) is 23.7. The second-order valence-electron chi connectivity index (χ2n) is 8.58. The first-order chi connectivity index (χ1) is 16.3. The molecule has 0 saturated carbocycles. The number of carbonyl (C=O) groups excluding carboxylic acids is 1. The summed E-state index contributed by atoms with van der Waals surface area (Å²) < 4.78 is 38.7. The lowest BCUT2D eigenvalue weighted by Crippen LogP contribution is -2.56. The van der Waals surface area contributed by atoms with Crippen molar-refractivity contribution in [1.82, 2.24) is 20.0 Å². The van der Waals surface area contributed by atoms with Gasteiger partial charge in [0.25, 0.3) is 0 Å². The van der Waals surface area contributed by atoms with E-state index in [1.165, 1.54) is 10.9 Å².